The minimum atomic E-state index is -0.431. The fourth-order valence-electron chi connectivity index (χ4n) is 1.78. The number of anilines is 1. The standard InChI is InChI=1S/C14H20BrNO/c1-4-8-16(9-5-2)14-7-6-12(11(3)17)10-13(14)15/h4,6-7,10-11,17H,1,5,8-9H2,2-3H3/t11-/m1/s1. The summed E-state index contributed by atoms with van der Waals surface area (Å²) in [4.78, 5) is 2.27. The number of aliphatic hydroxyl groups is 1. The Labute approximate surface area is 112 Å². The van der Waals surface area contributed by atoms with Crippen molar-refractivity contribution in [3.05, 3.63) is 40.9 Å². The number of nitrogens with zero attached hydrogens (tertiary/aromatic N) is 1. The SMILES string of the molecule is C=CCN(CCC)c1ccc([C@@H](C)O)cc1Br. The molecule has 0 saturated heterocycles. The van der Waals surface area contributed by atoms with Gasteiger partial charge in [-0.15, -0.1) is 6.58 Å². The zero-order valence-electron chi connectivity index (χ0n) is 10.5. The first kappa shape index (κ1) is 14.3. The minimum Gasteiger partial charge on any atom is -0.389 e. The van der Waals surface area contributed by atoms with Gasteiger partial charge in [0.1, 0.15) is 0 Å². The molecule has 0 spiro atoms. The third kappa shape index (κ3) is 3.86. The van der Waals surface area contributed by atoms with Crippen LogP contribution in [0.5, 0.6) is 0 Å². The molecular formula is C14H20BrNO. The number of aliphatic hydroxyl groups excluding tert-OH is 1. The molecular weight excluding hydrogens is 278 g/mol. The lowest BCUT2D eigenvalue weighted by molar-refractivity contribution is 0.199. The van der Waals surface area contributed by atoms with E-state index in [1.807, 2.05) is 24.3 Å². The second kappa shape index (κ2) is 6.82. The highest BCUT2D eigenvalue weighted by Crippen LogP contribution is 2.29. The summed E-state index contributed by atoms with van der Waals surface area (Å²) in [5.41, 5.74) is 2.08. The molecule has 3 heteroatoms. The predicted molar refractivity (Wildman–Crippen MR) is 77.5 cm³/mol. The topological polar surface area (TPSA) is 23.5 Å². The molecule has 0 aliphatic carbocycles. The summed E-state index contributed by atoms with van der Waals surface area (Å²) >= 11 is 3.57. The van der Waals surface area contributed by atoms with Gasteiger partial charge in [-0.3, -0.25) is 0 Å². The van der Waals surface area contributed by atoms with Gasteiger partial charge in [-0.05, 0) is 47.0 Å². The van der Waals surface area contributed by atoms with Crippen molar-refractivity contribution in [2.75, 3.05) is 18.0 Å². The van der Waals surface area contributed by atoms with Crippen LogP contribution in [0.3, 0.4) is 0 Å². The maximum Gasteiger partial charge on any atom is 0.0762 e. The normalized spacial score (nSPS) is 12.2. The van der Waals surface area contributed by atoms with E-state index in [1.165, 1.54) is 0 Å². The Hall–Kier alpha value is -0.800. The van der Waals surface area contributed by atoms with Crippen molar-refractivity contribution < 1.29 is 5.11 Å². The number of benzene rings is 1. The molecule has 0 fully saturated rings. The quantitative estimate of drug-likeness (QED) is 0.805. The van der Waals surface area contributed by atoms with Gasteiger partial charge in [-0.2, -0.15) is 0 Å². The van der Waals surface area contributed by atoms with Crippen LogP contribution >= 0.6 is 15.9 Å². The number of hydrogen-bond donors (Lipinski definition) is 1. The summed E-state index contributed by atoms with van der Waals surface area (Å²) < 4.78 is 1.02. The first-order chi connectivity index (χ1) is 8.10. The molecule has 94 valence electrons. The molecule has 1 aromatic rings. The van der Waals surface area contributed by atoms with Crippen LogP contribution in [0.15, 0.2) is 35.3 Å². The van der Waals surface area contributed by atoms with Crippen LogP contribution in [-0.2, 0) is 0 Å². The van der Waals surface area contributed by atoms with E-state index in [0.717, 1.165) is 35.2 Å². The molecule has 1 aromatic carbocycles. The maximum absolute atomic E-state index is 9.53. The number of halogens is 1. The summed E-state index contributed by atoms with van der Waals surface area (Å²) in [6, 6.07) is 5.99. The Kier molecular flexibility index (Phi) is 5.72. The first-order valence-corrected chi connectivity index (χ1v) is 6.72. The van der Waals surface area contributed by atoms with Crippen molar-refractivity contribution in [3.8, 4) is 0 Å². The smallest absolute Gasteiger partial charge is 0.0762 e. The molecule has 0 radical (unpaired) electrons. The second-order valence-electron chi connectivity index (χ2n) is 4.12. The second-order valence-corrected chi connectivity index (χ2v) is 4.98. The van der Waals surface area contributed by atoms with E-state index in [2.05, 4.69) is 34.3 Å². The van der Waals surface area contributed by atoms with Crippen LogP contribution in [0.2, 0.25) is 0 Å². The first-order valence-electron chi connectivity index (χ1n) is 5.93. The lowest BCUT2D eigenvalue weighted by Crippen LogP contribution is -2.24. The van der Waals surface area contributed by atoms with Crippen molar-refractivity contribution in [3.63, 3.8) is 0 Å². The van der Waals surface area contributed by atoms with E-state index in [0.29, 0.717) is 0 Å². The highest BCUT2D eigenvalue weighted by atomic mass is 79.9. The van der Waals surface area contributed by atoms with Gasteiger partial charge in [-0.1, -0.05) is 19.1 Å². The van der Waals surface area contributed by atoms with E-state index < -0.39 is 6.10 Å². The largest absolute Gasteiger partial charge is 0.389 e. The molecule has 1 rings (SSSR count). The van der Waals surface area contributed by atoms with E-state index in [1.54, 1.807) is 6.92 Å². The Morgan fingerprint density at radius 1 is 1.53 bits per heavy atom. The van der Waals surface area contributed by atoms with Crippen molar-refractivity contribution in [1.82, 2.24) is 0 Å². The Balaban J connectivity index is 2.99. The molecule has 1 N–H and O–H groups in total. The van der Waals surface area contributed by atoms with Gasteiger partial charge >= 0.3 is 0 Å². The molecule has 0 aliphatic rings. The monoisotopic (exact) mass is 297 g/mol. The lowest BCUT2D eigenvalue weighted by Gasteiger charge is -2.24. The Morgan fingerprint density at radius 3 is 2.71 bits per heavy atom. The highest BCUT2D eigenvalue weighted by Gasteiger charge is 2.10. The highest BCUT2D eigenvalue weighted by molar-refractivity contribution is 9.10. The Bertz CT molecular complexity index is 376. The minimum absolute atomic E-state index is 0.431. The van der Waals surface area contributed by atoms with Crippen LogP contribution in [0.1, 0.15) is 31.9 Å². The molecule has 2 nitrogen and oxygen atoms in total. The fraction of sp³-hybridized carbons (Fsp3) is 0.429. The van der Waals surface area contributed by atoms with Crippen LogP contribution in [0, 0.1) is 0 Å². The van der Waals surface area contributed by atoms with Crippen LogP contribution in [-0.4, -0.2) is 18.2 Å². The molecule has 0 heterocycles. The van der Waals surface area contributed by atoms with Crippen molar-refractivity contribution in [2.45, 2.75) is 26.4 Å². The van der Waals surface area contributed by atoms with E-state index >= 15 is 0 Å². The summed E-state index contributed by atoms with van der Waals surface area (Å²) in [5, 5.41) is 9.53. The van der Waals surface area contributed by atoms with Crippen molar-refractivity contribution in [1.29, 1.82) is 0 Å². The van der Waals surface area contributed by atoms with E-state index in [9.17, 15) is 5.11 Å². The summed E-state index contributed by atoms with van der Waals surface area (Å²) in [6.45, 7) is 9.55. The van der Waals surface area contributed by atoms with Crippen molar-refractivity contribution in [2.24, 2.45) is 0 Å². The van der Waals surface area contributed by atoms with Gasteiger partial charge in [0.25, 0.3) is 0 Å². The molecule has 0 saturated carbocycles. The van der Waals surface area contributed by atoms with Gasteiger partial charge in [-0.25, -0.2) is 0 Å². The summed E-state index contributed by atoms with van der Waals surface area (Å²) in [5.74, 6) is 0. The van der Waals surface area contributed by atoms with Crippen molar-refractivity contribution >= 4 is 21.6 Å². The molecule has 1 atom stereocenters. The zero-order valence-corrected chi connectivity index (χ0v) is 12.1. The molecule has 0 aromatic heterocycles. The average Bonchev–Trinajstić information content (AvgIpc) is 2.28. The average molecular weight is 298 g/mol. The third-order valence-corrected chi connectivity index (χ3v) is 3.27. The lowest BCUT2D eigenvalue weighted by atomic mass is 10.1. The summed E-state index contributed by atoms with van der Waals surface area (Å²) in [7, 11) is 0. The van der Waals surface area contributed by atoms with Gasteiger partial charge < -0.3 is 10.0 Å². The van der Waals surface area contributed by atoms with Gasteiger partial charge in [0, 0.05) is 17.6 Å². The van der Waals surface area contributed by atoms with Crippen LogP contribution in [0.4, 0.5) is 5.69 Å². The molecule has 0 amide bonds. The van der Waals surface area contributed by atoms with Gasteiger partial charge in [0.2, 0.25) is 0 Å². The van der Waals surface area contributed by atoms with E-state index in [-0.39, 0.29) is 0 Å². The molecule has 0 unspecified atom stereocenters. The maximum atomic E-state index is 9.53. The zero-order chi connectivity index (χ0) is 12.8. The fourth-order valence-corrected chi connectivity index (χ4v) is 2.42. The number of rotatable bonds is 6. The molecule has 0 aliphatic heterocycles. The van der Waals surface area contributed by atoms with E-state index in [4.69, 9.17) is 0 Å². The van der Waals surface area contributed by atoms with Gasteiger partial charge in [0.15, 0.2) is 0 Å². The predicted octanol–water partition coefficient (Wildman–Crippen LogP) is 3.90. The third-order valence-electron chi connectivity index (χ3n) is 2.64. The van der Waals surface area contributed by atoms with Gasteiger partial charge in [0.05, 0.1) is 11.8 Å². The Morgan fingerprint density at radius 2 is 2.24 bits per heavy atom. The number of hydrogen-bond acceptors (Lipinski definition) is 2. The molecule has 0 bridgehead atoms. The van der Waals surface area contributed by atoms with Crippen LogP contribution < -0.4 is 4.90 Å². The summed E-state index contributed by atoms with van der Waals surface area (Å²) in [6.07, 6.45) is 2.57. The molecule has 17 heavy (non-hydrogen) atoms. The van der Waals surface area contributed by atoms with Crippen LogP contribution in [0.25, 0.3) is 0 Å².